The second kappa shape index (κ2) is 7.34. The van der Waals surface area contributed by atoms with Gasteiger partial charge in [0.15, 0.2) is 0 Å². The average molecular weight is 364 g/mol. The third-order valence-corrected chi connectivity index (χ3v) is 5.01. The van der Waals surface area contributed by atoms with Crippen LogP contribution in [0.3, 0.4) is 0 Å². The van der Waals surface area contributed by atoms with E-state index in [0.717, 1.165) is 41.4 Å². The lowest BCUT2D eigenvalue weighted by Gasteiger charge is -2.28. The molecule has 1 aliphatic carbocycles. The summed E-state index contributed by atoms with van der Waals surface area (Å²) in [6, 6.07) is 10.9. The molecule has 1 aromatic carbocycles. The fourth-order valence-electron chi connectivity index (χ4n) is 3.04. The topological polar surface area (TPSA) is 22.1 Å². The number of ether oxygens (including phenoxy) is 1. The molecule has 2 aromatic rings. The van der Waals surface area contributed by atoms with Gasteiger partial charge >= 0.3 is 0 Å². The molecule has 1 saturated carbocycles. The number of hydrogen-bond acceptors (Lipinski definition) is 2. The number of nitrogens with zero attached hydrogens (tertiary/aromatic N) is 1. The van der Waals surface area contributed by atoms with Gasteiger partial charge in [-0.2, -0.15) is 0 Å². The van der Waals surface area contributed by atoms with Crippen molar-refractivity contribution >= 4 is 15.9 Å². The van der Waals surface area contributed by atoms with Crippen LogP contribution in [0, 0.1) is 5.82 Å². The van der Waals surface area contributed by atoms with Crippen molar-refractivity contribution in [1.82, 2.24) is 4.98 Å². The summed E-state index contributed by atoms with van der Waals surface area (Å²) >= 11 is 3.49. The Bertz CT molecular complexity index is 626. The molecule has 2 nitrogen and oxygen atoms in total. The van der Waals surface area contributed by atoms with Crippen molar-refractivity contribution in [3.05, 3.63) is 64.1 Å². The zero-order valence-corrected chi connectivity index (χ0v) is 13.9. The van der Waals surface area contributed by atoms with Crippen LogP contribution in [0.1, 0.15) is 42.9 Å². The highest BCUT2D eigenvalue weighted by Crippen LogP contribution is 2.34. The minimum absolute atomic E-state index is 0.143. The standard InChI is InChI=1S/C18H19BrFNO/c19-17-5-2-10-21-18(17)12-22-16-8-6-13(7-9-16)14-3-1-4-15(20)11-14/h1-5,10-11,13,16H,6-9,12H2. The van der Waals surface area contributed by atoms with Gasteiger partial charge in [0.2, 0.25) is 0 Å². The van der Waals surface area contributed by atoms with Gasteiger partial charge in [-0.1, -0.05) is 12.1 Å². The van der Waals surface area contributed by atoms with Crippen LogP contribution in [0.15, 0.2) is 47.1 Å². The van der Waals surface area contributed by atoms with Gasteiger partial charge in [-0.25, -0.2) is 4.39 Å². The molecule has 0 unspecified atom stereocenters. The van der Waals surface area contributed by atoms with Crippen LogP contribution < -0.4 is 0 Å². The minimum atomic E-state index is -0.143. The number of pyridine rings is 1. The Labute approximate surface area is 138 Å². The number of aromatic nitrogens is 1. The number of benzene rings is 1. The molecule has 22 heavy (non-hydrogen) atoms. The molecule has 0 amide bonds. The third kappa shape index (κ3) is 3.93. The first-order valence-corrected chi connectivity index (χ1v) is 8.48. The van der Waals surface area contributed by atoms with E-state index < -0.39 is 0 Å². The van der Waals surface area contributed by atoms with Gasteiger partial charge in [-0.15, -0.1) is 0 Å². The molecular formula is C18H19BrFNO. The zero-order chi connectivity index (χ0) is 15.4. The van der Waals surface area contributed by atoms with E-state index in [1.807, 2.05) is 18.2 Å². The Kier molecular flexibility index (Phi) is 5.21. The molecule has 1 aliphatic rings. The predicted molar refractivity (Wildman–Crippen MR) is 88.1 cm³/mol. The highest BCUT2D eigenvalue weighted by Gasteiger charge is 2.23. The molecular weight excluding hydrogens is 345 g/mol. The van der Waals surface area contributed by atoms with Crippen LogP contribution in [0.5, 0.6) is 0 Å². The van der Waals surface area contributed by atoms with Crippen LogP contribution >= 0.6 is 15.9 Å². The van der Waals surface area contributed by atoms with Crippen LogP contribution in [0.2, 0.25) is 0 Å². The smallest absolute Gasteiger partial charge is 0.123 e. The van der Waals surface area contributed by atoms with Gasteiger partial charge in [0.25, 0.3) is 0 Å². The molecule has 4 heteroatoms. The molecule has 0 atom stereocenters. The lowest BCUT2D eigenvalue weighted by atomic mass is 9.83. The number of rotatable bonds is 4. The van der Waals surface area contributed by atoms with Crippen molar-refractivity contribution in [2.24, 2.45) is 0 Å². The maximum atomic E-state index is 13.3. The predicted octanol–water partition coefficient (Wildman–Crippen LogP) is 5.23. The summed E-state index contributed by atoms with van der Waals surface area (Å²) in [5.41, 5.74) is 2.06. The molecule has 1 aromatic heterocycles. The maximum Gasteiger partial charge on any atom is 0.123 e. The summed E-state index contributed by atoms with van der Waals surface area (Å²) in [6.45, 7) is 0.538. The van der Waals surface area contributed by atoms with E-state index in [1.54, 1.807) is 18.3 Å². The number of halogens is 2. The third-order valence-electron chi connectivity index (χ3n) is 4.28. The van der Waals surface area contributed by atoms with Crippen LogP contribution in [0.4, 0.5) is 4.39 Å². The van der Waals surface area contributed by atoms with E-state index in [-0.39, 0.29) is 11.9 Å². The lowest BCUT2D eigenvalue weighted by Crippen LogP contribution is -2.21. The number of hydrogen-bond donors (Lipinski definition) is 0. The Hall–Kier alpha value is -1.26. The first-order valence-electron chi connectivity index (χ1n) is 7.69. The highest BCUT2D eigenvalue weighted by molar-refractivity contribution is 9.10. The lowest BCUT2D eigenvalue weighted by molar-refractivity contribution is 0.0115. The van der Waals surface area contributed by atoms with Gasteiger partial charge in [-0.3, -0.25) is 4.98 Å². The molecule has 1 heterocycles. The minimum Gasteiger partial charge on any atom is -0.372 e. The summed E-state index contributed by atoms with van der Waals surface area (Å²) < 4.78 is 20.3. The first-order chi connectivity index (χ1) is 10.7. The summed E-state index contributed by atoms with van der Waals surface area (Å²) in [4.78, 5) is 4.32. The molecule has 0 radical (unpaired) electrons. The SMILES string of the molecule is Fc1cccc(C2CCC(OCc3ncccc3Br)CC2)c1. The van der Waals surface area contributed by atoms with Crippen molar-refractivity contribution in [3.8, 4) is 0 Å². The van der Waals surface area contributed by atoms with Gasteiger partial charge in [0, 0.05) is 10.7 Å². The Balaban J connectivity index is 1.51. The normalized spacial score (nSPS) is 21.7. The van der Waals surface area contributed by atoms with E-state index in [0.29, 0.717) is 12.5 Å². The zero-order valence-electron chi connectivity index (χ0n) is 12.3. The van der Waals surface area contributed by atoms with Gasteiger partial charge < -0.3 is 4.74 Å². The van der Waals surface area contributed by atoms with Crippen LogP contribution in [0.25, 0.3) is 0 Å². The van der Waals surface area contributed by atoms with E-state index in [1.165, 1.54) is 6.07 Å². The van der Waals surface area contributed by atoms with Crippen molar-refractivity contribution in [3.63, 3.8) is 0 Å². The van der Waals surface area contributed by atoms with E-state index in [4.69, 9.17) is 4.74 Å². The van der Waals surface area contributed by atoms with Crippen molar-refractivity contribution < 1.29 is 9.13 Å². The summed E-state index contributed by atoms with van der Waals surface area (Å²) in [6.07, 6.45) is 6.20. The molecule has 0 N–H and O–H groups in total. The Morgan fingerprint density at radius 1 is 1.14 bits per heavy atom. The molecule has 0 saturated heterocycles. The molecule has 0 spiro atoms. The molecule has 3 rings (SSSR count). The molecule has 0 aliphatic heterocycles. The van der Waals surface area contributed by atoms with Crippen LogP contribution in [-0.2, 0) is 11.3 Å². The van der Waals surface area contributed by atoms with Crippen molar-refractivity contribution in [1.29, 1.82) is 0 Å². The van der Waals surface area contributed by atoms with Crippen molar-refractivity contribution in [2.45, 2.75) is 44.3 Å². The molecule has 116 valence electrons. The van der Waals surface area contributed by atoms with Gasteiger partial charge in [-0.05, 0) is 77.4 Å². The first kappa shape index (κ1) is 15.6. The van der Waals surface area contributed by atoms with E-state index >= 15 is 0 Å². The van der Waals surface area contributed by atoms with E-state index in [2.05, 4.69) is 20.9 Å². The summed E-state index contributed by atoms with van der Waals surface area (Å²) in [5, 5.41) is 0. The quantitative estimate of drug-likeness (QED) is 0.742. The summed E-state index contributed by atoms with van der Waals surface area (Å²) in [7, 11) is 0. The van der Waals surface area contributed by atoms with Gasteiger partial charge in [0.1, 0.15) is 5.82 Å². The second-order valence-electron chi connectivity index (χ2n) is 5.77. The van der Waals surface area contributed by atoms with Gasteiger partial charge in [0.05, 0.1) is 18.4 Å². The highest BCUT2D eigenvalue weighted by atomic mass is 79.9. The maximum absolute atomic E-state index is 13.3. The second-order valence-corrected chi connectivity index (χ2v) is 6.63. The summed E-state index contributed by atoms with van der Waals surface area (Å²) in [5.74, 6) is 0.313. The fraction of sp³-hybridized carbons (Fsp3) is 0.389. The largest absolute Gasteiger partial charge is 0.372 e. The van der Waals surface area contributed by atoms with Crippen molar-refractivity contribution in [2.75, 3.05) is 0 Å². The van der Waals surface area contributed by atoms with E-state index in [9.17, 15) is 4.39 Å². The Morgan fingerprint density at radius 3 is 2.68 bits per heavy atom. The monoisotopic (exact) mass is 363 g/mol. The molecule has 0 bridgehead atoms. The average Bonchev–Trinajstić information content (AvgIpc) is 2.55. The molecule has 1 fully saturated rings. The van der Waals surface area contributed by atoms with Crippen LogP contribution in [-0.4, -0.2) is 11.1 Å². The Morgan fingerprint density at radius 2 is 1.95 bits per heavy atom. The fourth-order valence-corrected chi connectivity index (χ4v) is 3.41.